The number of anilines is 1. The van der Waals surface area contributed by atoms with Crippen molar-refractivity contribution < 1.29 is 22.7 Å². The molecule has 0 amide bonds. The van der Waals surface area contributed by atoms with Gasteiger partial charge in [0.2, 0.25) is 0 Å². The summed E-state index contributed by atoms with van der Waals surface area (Å²) in [5, 5.41) is 0.935. The van der Waals surface area contributed by atoms with Crippen molar-refractivity contribution in [3.8, 4) is 22.4 Å². The lowest BCUT2D eigenvalue weighted by Gasteiger charge is -2.27. The molecule has 0 aromatic carbocycles. The molecule has 6 heterocycles. The molecule has 0 aliphatic carbocycles. The maximum Gasteiger partial charge on any atom is 0.433 e. The smallest absolute Gasteiger partial charge is 0.378 e. The number of fused-ring (bicyclic) bond motifs is 1. The van der Waals surface area contributed by atoms with Crippen LogP contribution in [-0.2, 0) is 28.5 Å². The van der Waals surface area contributed by atoms with E-state index in [0.29, 0.717) is 18.9 Å². The number of carbonyl (C=O) groups excluding carboxylic acids is 1. The van der Waals surface area contributed by atoms with Gasteiger partial charge in [0.25, 0.3) is 0 Å². The maximum atomic E-state index is 12.9. The highest BCUT2D eigenvalue weighted by atomic mass is 19.4. The number of hydrogen-bond donors (Lipinski definition) is 1. The van der Waals surface area contributed by atoms with E-state index in [1.54, 1.807) is 18.5 Å². The molecule has 41 heavy (non-hydrogen) atoms. The summed E-state index contributed by atoms with van der Waals surface area (Å²) < 4.78 is 44.1. The van der Waals surface area contributed by atoms with E-state index < -0.39 is 11.9 Å². The number of halogens is 3. The van der Waals surface area contributed by atoms with Crippen LogP contribution >= 0.6 is 0 Å². The number of aromatic nitrogens is 5. The normalized spacial score (nSPS) is 14.0. The zero-order valence-corrected chi connectivity index (χ0v) is 21.9. The Hall–Kier alpha value is -4.64. The second-order valence-electron chi connectivity index (χ2n) is 9.83. The van der Waals surface area contributed by atoms with Crippen molar-refractivity contribution in [2.24, 2.45) is 0 Å². The summed E-state index contributed by atoms with van der Waals surface area (Å²) >= 11 is 0. The van der Waals surface area contributed by atoms with Crippen molar-refractivity contribution in [1.29, 1.82) is 0 Å². The van der Waals surface area contributed by atoms with Gasteiger partial charge in [-0.1, -0.05) is 6.07 Å². The lowest BCUT2D eigenvalue weighted by molar-refractivity contribution is -0.141. The number of carbonyl (C=O) groups is 1. The first-order chi connectivity index (χ1) is 19.8. The Morgan fingerprint density at radius 2 is 1.63 bits per heavy atom. The van der Waals surface area contributed by atoms with Crippen LogP contribution in [0.4, 0.5) is 19.0 Å². The second-order valence-corrected chi connectivity index (χ2v) is 9.83. The summed E-state index contributed by atoms with van der Waals surface area (Å²) in [6.45, 7) is 3.07. The topological polar surface area (TPSA) is 96.9 Å². The average molecular weight is 559 g/mol. The highest BCUT2D eigenvalue weighted by molar-refractivity contribution is 5.87. The van der Waals surface area contributed by atoms with Gasteiger partial charge in [0.05, 0.1) is 13.2 Å². The zero-order valence-electron chi connectivity index (χ0n) is 21.9. The summed E-state index contributed by atoms with van der Waals surface area (Å²) in [5.74, 6) is 0.694. The van der Waals surface area contributed by atoms with Crippen molar-refractivity contribution >= 4 is 22.6 Å². The summed E-state index contributed by atoms with van der Waals surface area (Å²) in [6.07, 6.45) is 1.67. The largest absolute Gasteiger partial charge is 0.433 e. The molecule has 1 aliphatic rings. The van der Waals surface area contributed by atoms with Gasteiger partial charge in [0, 0.05) is 84.2 Å². The molecular formula is C30H25F3N6O2. The summed E-state index contributed by atoms with van der Waals surface area (Å²) in [4.78, 5) is 35.0. The molecule has 5 aromatic rings. The lowest BCUT2D eigenvalue weighted by Crippen LogP contribution is -2.36. The van der Waals surface area contributed by atoms with Crippen LogP contribution in [0.25, 0.3) is 33.4 Å². The number of hydrogen-bond acceptors (Lipinski definition) is 7. The molecule has 11 heteroatoms. The maximum absolute atomic E-state index is 12.9. The fourth-order valence-electron chi connectivity index (χ4n) is 4.78. The van der Waals surface area contributed by atoms with Crippen molar-refractivity contribution in [2.45, 2.75) is 19.0 Å². The highest BCUT2D eigenvalue weighted by Crippen LogP contribution is 2.29. The van der Waals surface area contributed by atoms with E-state index in [2.05, 4.69) is 29.8 Å². The summed E-state index contributed by atoms with van der Waals surface area (Å²) in [6, 6.07) is 14.0. The number of aromatic amines is 1. The monoisotopic (exact) mass is 558 g/mol. The van der Waals surface area contributed by atoms with Gasteiger partial charge in [-0.25, -0.2) is 9.97 Å². The molecule has 0 unspecified atom stereocenters. The number of Topliss-reactive ketones (excluding diaryl/α,β-unsaturated/α-hetero) is 1. The highest BCUT2D eigenvalue weighted by Gasteiger charge is 2.32. The Bertz CT molecular complexity index is 1680. The van der Waals surface area contributed by atoms with Crippen molar-refractivity contribution in [2.75, 3.05) is 31.2 Å². The van der Waals surface area contributed by atoms with Crippen LogP contribution in [-0.4, -0.2) is 57.0 Å². The number of ketones is 1. The van der Waals surface area contributed by atoms with Gasteiger partial charge < -0.3 is 14.6 Å². The van der Waals surface area contributed by atoms with E-state index in [9.17, 15) is 18.0 Å². The van der Waals surface area contributed by atoms with Crippen LogP contribution in [0.15, 0.2) is 73.3 Å². The Morgan fingerprint density at radius 3 is 2.37 bits per heavy atom. The van der Waals surface area contributed by atoms with Crippen LogP contribution in [0.2, 0.25) is 0 Å². The molecule has 8 nitrogen and oxygen atoms in total. The van der Waals surface area contributed by atoms with Gasteiger partial charge in [-0.15, -0.1) is 0 Å². The Balaban J connectivity index is 1.12. The van der Waals surface area contributed by atoms with Crippen molar-refractivity contribution in [3.63, 3.8) is 0 Å². The van der Waals surface area contributed by atoms with Gasteiger partial charge in [-0.2, -0.15) is 13.2 Å². The third-order valence-electron chi connectivity index (χ3n) is 6.92. The lowest BCUT2D eigenvalue weighted by atomic mass is 10.0. The van der Waals surface area contributed by atoms with Gasteiger partial charge in [0.15, 0.2) is 0 Å². The zero-order chi connectivity index (χ0) is 28.4. The van der Waals surface area contributed by atoms with Crippen LogP contribution in [0, 0.1) is 0 Å². The molecule has 5 aromatic heterocycles. The van der Waals surface area contributed by atoms with Crippen LogP contribution in [0.3, 0.4) is 0 Å². The standard InChI is InChI=1S/C30H25F3N6O2/c31-30(32,33)27-12-19(5-6-34-27)11-25(40)15-24-3-1-20(16-35-24)23-13-22-14-26(38-29(22)37-18-23)21-2-4-28(36-17-21)39-7-9-41-10-8-39/h1-6,12-14,16-18H,7-11,15H2,(H,37,38). The van der Waals surface area contributed by atoms with Gasteiger partial charge in [0.1, 0.15) is 22.9 Å². The molecule has 0 radical (unpaired) electrons. The fraction of sp³-hybridized carbons (Fsp3) is 0.233. The number of pyridine rings is 4. The molecule has 0 atom stereocenters. The molecule has 0 saturated carbocycles. The molecule has 1 aliphatic heterocycles. The first-order valence-corrected chi connectivity index (χ1v) is 13.1. The third-order valence-corrected chi connectivity index (χ3v) is 6.92. The Kier molecular flexibility index (Phi) is 7.19. The van der Waals surface area contributed by atoms with Gasteiger partial charge >= 0.3 is 6.18 Å². The minimum absolute atomic E-state index is 0.0147. The van der Waals surface area contributed by atoms with E-state index in [1.807, 2.05) is 36.5 Å². The average Bonchev–Trinajstić information content (AvgIpc) is 3.41. The number of H-pyrrole nitrogens is 1. The van der Waals surface area contributed by atoms with E-state index in [0.717, 1.165) is 64.6 Å². The number of rotatable bonds is 7. The van der Waals surface area contributed by atoms with Crippen LogP contribution in [0.5, 0.6) is 0 Å². The summed E-state index contributed by atoms with van der Waals surface area (Å²) in [5.41, 5.74) is 4.11. The summed E-state index contributed by atoms with van der Waals surface area (Å²) in [7, 11) is 0. The van der Waals surface area contributed by atoms with Gasteiger partial charge in [-0.05, 0) is 48.0 Å². The predicted molar refractivity (Wildman–Crippen MR) is 147 cm³/mol. The number of morpholine rings is 1. The van der Waals surface area contributed by atoms with E-state index >= 15 is 0 Å². The van der Waals surface area contributed by atoms with E-state index in [4.69, 9.17) is 4.74 Å². The second kappa shape index (κ2) is 11.1. The molecular weight excluding hydrogens is 533 g/mol. The molecule has 1 fully saturated rings. The first kappa shape index (κ1) is 26.6. The fourth-order valence-corrected chi connectivity index (χ4v) is 4.78. The first-order valence-electron chi connectivity index (χ1n) is 13.1. The van der Waals surface area contributed by atoms with Crippen LogP contribution < -0.4 is 4.90 Å². The van der Waals surface area contributed by atoms with Crippen molar-refractivity contribution in [1.82, 2.24) is 24.9 Å². The molecule has 0 spiro atoms. The number of alkyl halides is 3. The number of ether oxygens (including phenoxy) is 1. The minimum Gasteiger partial charge on any atom is -0.378 e. The van der Waals surface area contributed by atoms with Crippen LogP contribution in [0.1, 0.15) is 17.0 Å². The molecule has 0 bridgehead atoms. The third kappa shape index (κ3) is 6.09. The van der Waals surface area contributed by atoms with E-state index in [1.165, 1.54) is 6.07 Å². The molecule has 1 N–H and O–H groups in total. The number of nitrogens with zero attached hydrogens (tertiary/aromatic N) is 5. The molecule has 1 saturated heterocycles. The van der Waals surface area contributed by atoms with E-state index in [-0.39, 0.29) is 24.2 Å². The minimum atomic E-state index is -4.55. The SMILES string of the molecule is O=C(Cc1ccnc(C(F)(F)F)c1)Cc1ccc(-c2cnc3[nH]c(-c4ccc(N5CCOCC5)nc4)cc3c2)cn1. The number of nitrogens with one attached hydrogen (secondary N) is 1. The van der Waals surface area contributed by atoms with Crippen molar-refractivity contribution in [3.05, 3.63) is 90.3 Å². The molecule has 208 valence electrons. The Morgan fingerprint density at radius 1 is 0.854 bits per heavy atom. The Labute approximate surface area is 233 Å². The molecule has 6 rings (SSSR count). The quantitative estimate of drug-likeness (QED) is 0.290. The van der Waals surface area contributed by atoms with Gasteiger partial charge in [-0.3, -0.25) is 14.8 Å². The predicted octanol–water partition coefficient (Wildman–Crippen LogP) is 5.29.